The van der Waals surface area contributed by atoms with Gasteiger partial charge in [-0.1, -0.05) is 18.2 Å². The molecule has 1 aromatic carbocycles. The molecule has 1 unspecified atom stereocenters. The molecule has 1 aliphatic heterocycles. The lowest BCUT2D eigenvalue weighted by molar-refractivity contribution is 0.484. The highest BCUT2D eigenvalue weighted by Gasteiger charge is 2.19. The van der Waals surface area contributed by atoms with Crippen LogP contribution in [0.4, 0.5) is 5.69 Å². The third-order valence-corrected chi connectivity index (χ3v) is 3.54. The molecule has 15 heavy (non-hydrogen) atoms. The molecule has 0 aliphatic carbocycles. The van der Waals surface area contributed by atoms with Gasteiger partial charge in [0.05, 0.1) is 0 Å². The Bertz CT molecular complexity index is 324. The van der Waals surface area contributed by atoms with Crippen LogP contribution in [0.2, 0.25) is 0 Å². The number of hydrogen-bond donors (Lipinski definition) is 0. The van der Waals surface area contributed by atoms with Crippen molar-refractivity contribution < 1.29 is 0 Å². The largest absolute Gasteiger partial charge is 0.369 e. The molecule has 1 aliphatic rings. The molecule has 2 rings (SSSR count). The molecule has 0 radical (unpaired) electrons. The number of nitrogens with zero attached hydrogens (tertiary/aromatic N) is 1. The normalized spacial score (nSPS) is 21.7. The van der Waals surface area contributed by atoms with Gasteiger partial charge in [-0.2, -0.15) is 0 Å². The third kappa shape index (κ3) is 2.28. The average molecular weight is 224 g/mol. The smallest absolute Gasteiger partial charge is 0.0494 e. The summed E-state index contributed by atoms with van der Waals surface area (Å²) in [6.45, 7) is 3.49. The van der Waals surface area contributed by atoms with E-state index in [4.69, 9.17) is 11.6 Å². The first-order valence-corrected chi connectivity index (χ1v) is 6.27. The van der Waals surface area contributed by atoms with Gasteiger partial charge in [-0.3, -0.25) is 0 Å². The van der Waals surface area contributed by atoms with Crippen molar-refractivity contribution in [2.45, 2.75) is 38.1 Å². The first-order valence-electron chi connectivity index (χ1n) is 5.73. The lowest BCUT2D eigenvalue weighted by atomic mass is 10.0. The number of benzene rings is 1. The predicted molar refractivity (Wildman–Crippen MR) is 66.7 cm³/mol. The summed E-state index contributed by atoms with van der Waals surface area (Å²) >= 11 is 5.97. The van der Waals surface area contributed by atoms with E-state index in [-0.39, 0.29) is 0 Å². The standard InChI is InChI=1S/C13H18ClN/c1-11-6-4-5-9-15(11)13-8-3-2-7-12(13)10-14/h2-3,7-8,11H,4-6,9-10H2,1H3. The number of halogens is 1. The summed E-state index contributed by atoms with van der Waals surface area (Å²) in [6.07, 6.45) is 3.97. The summed E-state index contributed by atoms with van der Waals surface area (Å²) in [5.41, 5.74) is 2.59. The van der Waals surface area contributed by atoms with Crippen molar-refractivity contribution in [1.82, 2.24) is 0 Å². The van der Waals surface area contributed by atoms with Crippen molar-refractivity contribution in [3.8, 4) is 0 Å². The Kier molecular flexibility index (Phi) is 3.53. The molecule has 1 atom stereocenters. The summed E-state index contributed by atoms with van der Waals surface area (Å²) in [6, 6.07) is 9.15. The first kappa shape index (κ1) is 10.8. The van der Waals surface area contributed by atoms with Crippen molar-refractivity contribution in [2.24, 2.45) is 0 Å². The van der Waals surface area contributed by atoms with Crippen LogP contribution in [-0.4, -0.2) is 12.6 Å². The summed E-state index contributed by atoms with van der Waals surface area (Å²) in [5.74, 6) is 0.611. The van der Waals surface area contributed by atoms with Crippen LogP contribution in [0.15, 0.2) is 24.3 Å². The quantitative estimate of drug-likeness (QED) is 0.690. The van der Waals surface area contributed by atoms with Gasteiger partial charge in [-0.05, 0) is 37.8 Å². The Morgan fingerprint density at radius 3 is 2.87 bits per heavy atom. The first-order chi connectivity index (χ1) is 7.33. The molecular formula is C13H18ClN. The highest BCUT2D eigenvalue weighted by molar-refractivity contribution is 6.17. The second kappa shape index (κ2) is 4.89. The maximum atomic E-state index is 5.97. The van der Waals surface area contributed by atoms with Gasteiger partial charge in [0.25, 0.3) is 0 Å². The van der Waals surface area contributed by atoms with E-state index in [1.807, 2.05) is 0 Å². The van der Waals surface area contributed by atoms with Crippen LogP contribution in [0.25, 0.3) is 0 Å². The highest BCUT2D eigenvalue weighted by atomic mass is 35.5. The van der Waals surface area contributed by atoms with Crippen LogP contribution in [0.1, 0.15) is 31.7 Å². The Morgan fingerprint density at radius 2 is 2.13 bits per heavy atom. The highest BCUT2D eigenvalue weighted by Crippen LogP contribution is 2.28. The Labute approximate surface area is 97.0 Å². The SMILES string of the molecule is CC1CCCCN1c1ccccc1CCl. The molecule has 1 heterocycles. The molecule has 0 N–H and O–H groups in total. The van der Waals surface area contributed by atoms with Gasteiger partial charge in [-0.25, -0.2) is 0 Å². The molecule has 0 amide bonds. The topological polar surface area (TPSA) is 3.24 Å². The Balaban J connectivity index is 2.26. The van der Waals surface area contributed by atoms with Gasteiger partial charge >= 0.3 is 0 Å². The average Bonchev–Trinajstić information content (AvgIpc) is 2.30. The minimum atomic E-state index is 0.611. The van der Waals surface area contributed by atoms with Gasteiger partial charge in [-0.15, -0.1) is 11.6 Å². The molecule has 1 fully saturated rings. The Hall–Kier alpha value is -0.690. The minimum Gasteiger partial charge on any atom is -0.369 e. The zero-order valence-corrected chi connectivity index (χ0v) is 10.0. The van der Waals surface area contributed by atoms with Crippen molar-refractivity contribution in [2.75, 3.05) is 11.4 Å². The molecule has 0 spiro atoms. The van der Waals surface area contributed by atoms with E-state index in [1.54, 1.807) is 0 Å². The fourth-order valence-electron chi connectivity index (χ4n) is 2.36. The maximum Gasteiger partial charge on any atom is 0.0494 e. The molecule has 1 saturated heterocycles. The summed E-state index contributed by atoms with van der Waals surface area (Å²) in [7, 11) is 0. The molecular weight excluding hydrogens is 206 g/mol. The van der Waals surface area contributed by atoms with E-state index in [0.717, 1.165) is 0 Å². The van der Waals surface area contributed by atoms with Crippen LogP contribution in [0.5, 0.6) is 0 Å². The zero-order valence-electron chi connectivity index (χ0n) is 9.25. The lowest BCUT2D eigenvalue weighted by Gasteiger charge is -2.36. The van der Waals surface area contributed by atoms with Gasteiger partial charge in [0.15, 0.2) is 0 Å². The van der Waals surface area contributed by atoms with Gasteiger partial charge in [0.1, 0.15) is 0 Å². The van der Waals surface area contributed by atoms with Gasteiger partial charge in [0, 0.05) is 24.2 Å². The lowest BCUT2D eigenvalue weighted by Crippen LogP contribution is -2.37. The van der Waals surface area contributed by atoms with Crippen LogP contribution in [0.3, 0.4) is 0 Å². The molecule has 1 aromatic rings. The third-order valence-electron chi connectivity index (χ3n) is 3.25. The van der Waals surface area contributed by atoms with Crippen LogP contribution >= 0.6 is 11.6 Å². The van der Waals surface area contributed by atoms with E-state index in [2.05, 4.69) is 36.1 Å². The van der Waals surface area contributed by atoms with Gasteiger partial charge < -0.3 is 4.90 Å². The summed E-state index contributed by atoms with van der Waals surface area (Å²) < 4.78 is 0. The number of anilines is 1. The van der Waals surface area contributed by atoms with Crippen molar-refractivity contribution in [3.05, 3.63) is 29.8 Å². The predicted octanol–water partition coefficient (Wildman–Crippen LogP) is 3.80. The second-order valence-corrected chi connectivity index (χ2v) is 4.57. The molecule has 0 saturated carbocycles. The minimum absolute atomic E-state index is 0.611. The number of hydrogen-bond acceptors (Lipinski definition) is 1. The van der Waals surface area contributed by atoms with Gasteiger partial charge in [0.2, 0.25) is 0 Å². The second-order valence-electron chi connectivity index (χ2n) is 4.30. The molecule has 0 bridgehead atoms. The number of alkyl halides is 1. The fraction of sp³-hybridized carbons (Fsp3) is 0.538. The number of para-hydroxylation sites is 1. The summed E-state index contributed by atoms with van der Waals surface area (Å²) in [4.78, 5) is 2.50. The number of piperidine rings is 1. The van der Waals surface area contributed by atoms with E-state index in [9.17, 15) is 0 Å². The van der Waals surface area contributed by atoms with E-state index < -0.39 is 0 Å². The van der Waals surface area contributed by atoms with Crippen LogP contribution in [0, 0.1) is 0 Å². The van der Waals surface area contributed by atoms with E-state index in [1.165, 1.54) is 37.1 Å². The monoisotopic (exact) mass is 223 g/mol. The van der Waals surface area contributed by atoms with E-state index >= 15 is 0 Å². The number of rotatable bonds is 2. The summed E-state index contributed by atoms with van der Waals surface area (Å²) in [5, 5.41) is 0. The zero-order chi connectivity index (χ0) is 10.7. The molecule has 1 nitrogen and oxygen atoms in total. The molecule has 82 valence electrons. The van der Waals surface area contributed by atoms with Crippen LogP contribution in [-0.2, 0) is 5.88 Å². The maximum absolute atomic E-state index is 5.97. The Morgan fingerprint density at radius 1 is 1.33 bits per heavy atom. The fourth-order valence-corrected chi connectivity index (χ4v) is 2.59. The van der Waals surface area contributed by atoms with E-state index in [0.29, 0.717) is 11.9 Å². The van der Waals surface area contributed by atoms with Crippen molar-refractivity contribution >= 4 is 17.3 Å². The molecule has 2 heteroatoms. The van der Waals surface area contributed by atoms with Crippen LogP contribution < -0.4 is 4.90 Å². The van der Waals surface area contributed by atoms with Crippen molar-refractivity contribution in [1.29, 1.82) is 0 Å². The molecule has 0 aromatic heterocycles. The van der Waals surface area contributed by atoms with Crippen molar-refractivity contribution in [3.63, 3.8) is 0 Å².